The fraction of sp³-hybridized carbons (Fsp3) is 0.143. The second-order valence-corrected chi connectivity index (χ2v) is 7.98. The molecule has 1 aliphatic heterocycles. The number of anilines is 1. The first-order valence-electron chi connectivity index (χ1n) is 9.59. The molecule has 0 unspecified atom stereocenters. The molecule has 4 aromatic rings. The Kier molecular flexibility index (Phi) is 4.75. The highest BCUT2D eigenvalue weighted by molar-refractivity contribution is 7.13. The standard InChI is InChI=1S/C21H17N7O2S/c1-13-11-20(29)27(25-13)15-6-4-14(5-7-15)21(30)22-12-19-24-23-18-9-8-16(26-28(18)19)17-3-2-10-31-17/h2-10H,11-12H2,1H3,(H,22,30). The van der Waals surface area contributed by atoms with E-state index in [0.29, 0.717) is 29.1 Å². The topological polar surface area (TPSA) is 105 Å². The molecule has 3 aromatic heterocycles. The monoisotopic (exact) mass is 431 g/mol. The predicted octanol–water partition coefficient (Wildman–Crippen LogP) is 2.90. The van der Waals surface area contributed by atoms with Crippen LogP contribution in [0.4, 0.5) is 5.69 Å². The summed E-state index contributed by atoms with van der Waals surface area (Å²) in [6, 6.07) is 14.5. The van der Waals surface area contributed by atoms with Crippen LogP contribution >= 0.6 is 11.3 Å². The molecule has 154 valence electrons. The summed E-state index contributed by atoms with van der Waals surface area (Å²) in [4.78, 5) is 25.6. The average Bonchev–Trinajstić information content (AvgIpc) is 3.52. The highest BCUT2D eigenvalue weighted by Gasteiger charge is 2.22. The van der Waals surface area contributed by atoms with Crippen LogP contribution in [0.5, 0.6) is 0 Å². The fourth-order valence-electron chi connectivity index (χ4n) is 3.27. The molecule has 0 fully saturated rings. The number of carbonyl (C=O) groups is 2. The molecule has 0 saturated carbocycles. The highest BCUT2D eigenvalue weighted by atomic mass is 32.1. The number of carbonyl (C=O) groups excluding carboxylic acids is 2. The van der Waals surface area contributed by atoms with Crippen LogP contribution in [0.15, 0.2) is 59.0 Å². The summed E-state index contributed by atoms with van der Waals surface area (Å²) in [5, 5.41) is 23.3. The van der Waals surface area contributed by atoms with Gasteiger partial charge in [-0.25, -0.2) is 5.01 Å². The number of amides is 2. The lowest BCUT2D eigenvalue weighted by Crippen LogP contribution is -2.24. The quantitative estimate of drug-likeness (QED) is 0.523. The van der Waals surface area contributed by atoms with Crippen molar-refractivity contribution < 1.29 is 9.59 Å². The van der Waals surface area contributed by atoms with Gasteiger partial charge in [0.25, 0.3) is 11.8 Å². The van der Waals surface area contributed by atoms with Crippen LogP contribution in [-0.4, -0.2) is 37.3 Å². The van der Waals surface area contributed by atoms with Crippen molar-refractivity contribution in [2.45, 2.75) is 19.9 Å². The molecular formula is C21H17N7O2S. The lowest BCUT2D eigenvalue weighted by Gasteiger charge is -2.12. The van der Waals surface area contributed by atoms with Crippen LogP contribution in [0, 0.1) is 0 Å². The van der Waals surface area contributed by atoms with E-state index in [1.807, 2.05) is 36.6 Å². The Morgan fingerprint density at radius 3 is 2.68 bits per heavy atom. The van der Waals surface area contributed by atoms with Crippen molar-refractivity contribution in [1.82, 2.24) is 25.1 Å². The van der Waals surface area contributed by atoms with E-state index in [1.54, 1.807) is 40.1 Å². The molecule has 9 nitrogen and oxygen atoms in total. The van der Waals surface area contributed by atoms with Crippen LogP contribution < -0.4 is 10.3 Å². The van der Waals surface area contributed by atoms with Crippen molar-refractivity contribution in [2.24, 2.45) is 5.10 Å². The van der Waals surface area contributed by atoms with Gasteiger partial charge in [0.1, 0.15) is 5.69 Å². The van der Waals surface area contributed by atoms with Gasteiger partial charge in [0.15, 0.2) is 11.5 Å². The van der Waals surface area contributed by atoms with Crippen molar-refractivity contribution in [3.63, 3.8) is 0 Å². The zero-order valence-corrected chi connectivity index (χ0v) is 17.3. The highest BCUT2D eigenvalue weighted by Crippen LogP contribution is 2.23. The molecule has 4 heterocycles. The third-order valence-corrected chi connectivity index (χ3v) is 5.69. The Bertz CT molecular complexity index is 1310. The predicted molar refractivity (Wildman–Crippen MR) is 117 cm³/mol. The summed E-state index contributed by atoms with van der Waals surface area (Å²) in [5.41, 5.74) is 3.30. The number of fused-ring (bicyclic) bond motifs is 1. The minimum absolute atomic E-state index is 0.0807. The van der Waals surface area contributed by atoms with Gasteiger partial charge in [-0.3, -0.25) is 9.59 Å². The number of nitrogens with zero attached hydrogens (tertiary/aromatic N) is 6. The third kappa shape index (κ3) is 3.68. The van der Waals surface area contributed by atoms with Crippen molar-refractivity contribution in [1.29, 1.82) is 0 Å². The normalized spacial score (nSPS) is 13.6. The van der Waals surface area contributed by atoms with Crippen LogP contribution in [0.1, 0.15) is 29.5 Å². The van der Waals surface area contributed by atoms with Crippen molar-refractivity contribution in [2.75, 3.05) is 5.01 Å². The van der Waals surface area contributed by atoms with Gasteiger partial charge < -0.3 is 5.32 Å². The van der Waals surface area contributed by atoms with E-state index in [0.717, 1.165) is 16.3 Å². The van der Waals surface area contributed by atoms with E-state index < -0.39 is 0 Å². The first kappa shape index (κ1) is 19.1. The van der Waals surface area contributed by atoms with E-state index in [9.17, 15) is 9.59 Å². The van der Waals surface area contributed by atoms with Gasteiger partial charge in [0.2, 0.25) is 0 Å². The SMILES string of the molecule is CC1=NN(c2ccc(C(=O)NCc3nnc4ccc(-c5cccs5)nn34)cc2)C(=O)C1. The van der Waals surface area contributed by atoms with E-state index in [2.05, 4.69) is 25.7 Å². The molecule has 0 bridgehead atoms. The number of nitrogens with one attached hydrogen (secondary N) is 1. The third-order valence-electron chi connectivity index (χ3n) is 4.80. The number of hydrogen-bond donors (Lipinski definition) is 1. The first-order chi connectivity index (χ1) is 15.1. The van der Waals surface area contributed by atoms with Crippen LogP contribution in [0.3, 0.4) is 0 Å². The zero-order chi connectivity index (χ0) is 21.4. The number of hydrogen-bond acceptors (Lipinski definition) is 7. The maximum Gasteiger partial charge on any atom is 0.253 e. The Labute approximate surface area is 181 Å². The molecule has 1 aliphatic rings. The van der Waals surface area contributed by atoms with Crippen LogP contribution in [0.2, 0.25) is 0 Å². The summed E-state index contributed by atoms with van der Waals surface area (Å²) < 4.78 is 1.64. The van der Waals surface area contributed by atoms with Gasteiger partial charge in [-0.1, -0.05) is 6.07 Å². The molecule has 31 heavy (non-hydrogen) atoms. The van der Waals surface area contributed by atoms with E-state index >= 15 is 0 Å². The summed E-state index contributed by atoms with van der Waals surface area (Å²) in [7, 11) is 0. The molecule has 0 saturated heterocycles. The molecule has 0 atom stereocenters. The summed E-state index contributed by atoms with van der Waals surface area (Å²) in [6.45, 7) is 1.99. The fourth-order valence-corrected chi connectivity index (χ4v) is 3.96. The molecule has 5 rings (SSSR count). The molecule has 0 aliphatic carbocycles. The number of aromatic nitrogens is 4. The lowest BCUT2D eigenvalue weighted by molar-refractivity contribution is -0.116. The summed E-state index contributed by atoms with van der Waals surface area (Å²) >= 11 is 1.60. The lowest BCUT2D eigenvalue weighted by atomic mass is 10.2. The molecular weight excluding hydrogens is 414 g/mol. The summed E-state index contributed by atoms with van der Waals surface area (Å²) in [6.07, 6.45) is 0.316. The minimum atomic E-state index is -0.259. The van der Waals surface area contributed by atoms with Gasteiger partial charge in [-0.05, 0) is 54.8 Å². The maximum absolute atomic E-state index is 12.6. The van der Waals surface area contributed by atoms with Gasteiger partial charge in [-0.2, -0.15) is 14.7 Å². The largest absolute Gasteiger partial charge is 0.345 e. The Morgan fingerprint density at radius 2 is 1.97 bits per heavy atom. The number of benzene rings is 1. The number of hydrazone groups is 1. The number of thiophene rings is 1. The molecule has 1 N–H and O–H groups in total. The average molecular weight is 431 g/mol. The second kappa shape index (κ2) is 7.73. The molecule has 1 aromatic carbocycles. The Hall–Kier alpha value is -3.92. The van der Waals surface area contributed by atoms with Crippen molar-refractivity contribution >= 4 is 40.2 Å². The van der Waals surface area contributed by atoms with Crippen LogP contribution in [0.25, 0.3) is 16.2 Å². The van der Waals surface area contributed by atoms with E-state index in [1.165, 1.54) is 5.01 Å². The molecule has 0 radical (unpaired) electrons. The molecule has 10 heteroatoms. The molecule has 2 amide bonds. The number of rotatable bonds is 5. The second-order valence-electron chi connectivity index (χ2n) is 7.03. The van der Waals surface area contributed by atoms with E-state index in [4.69, 9.17) is 0 Å². The first-order valence-corrected chi connectivity index (χ1v) is 10.5. The van der Waals surface area contributed by atoms with Gasteiger partial charge in [0.05, 0.1) is 23.5 Å². The van der Waals surface area contributed by atoms with Crippen molar-refractivity contribution in [3.05, 3.63) is 65.3 Å². The van der Waals surface area contributed by atoms with Gasteiger partial charge >= 0.3 is 0 Å². The molecule has 0 spiro atoms. The summed E-state index contributed by atoms with van der Waals surface area (Å²) in [5.74, 6) is 0.193. The van der Waals surface area contributed by atoms with Crippen LogP contribution in [-0.2, 0) is 11.3 Å². The Balaban J connectivity index is 1.30. The zero-order valence-electron chi connectivity index (χ0n) is 16.5. The maximum atomic E-state index is 12.6. The van der Waals surface area contributed by atoms with Gasteiger partial charge in [-0.15, -0.1) is 21.5 Å². The minimum Gasteiger partial charge on any atom is -0.345 e. The van der Waals surface area contributed by atoms with E-state index in [-0.39, 0.29) is 18.4 Å². The van der Waals surface area contributed by atoms with Gasteiger partial charge in [0, 0.05) is 11.3 Å². The smallest absolute Gasteiger partial charge is 0.253 e. The Morgan fingerprint density at radius 1 is 1.13 bits per heavy atom. The van der Waals surface area contributed by atoms with Crippen molar-refractivity contribution in [3.8, 4) is 10.6 Å².